The van der Waals surface area contributed by atoms with Gasteiger partial charge >= 0.3 is 0 Å². The summed E-state index contributed by atoms with van der Waals surface area (Å²) < 4.78 is 13.0. The van der Waals surface area contributed by atoms with Crippen molar-refractivity contribution in [3.05, 3.63) is 188 Å². The van der Waals surface area contributed by atoms with Crippen LogP contribution in [0.5, 0.6) is 0 Å². The van der Waals surface area contributed by atoms with Crippen molar-refractivity contribution in [1.82, 2.24) is 0 Å². The highest BCUT2D eigenvalue weighted by Crippen LogP contribution is 2.48. The number of para-hydroxylation sites is 2. The summed E-state index contributed by atoms with van der Waals surface area (Å²) in [5.74, 6) is 0. The van der Waals surface area contributed by atoms with Crippen molar-refractivity contribution in [2.45, 2.75) is 0 Å². The molecule has 0 N–H and O–H groups in total. The fraction of sp³-hybridized carbons (Fsp3) is 0. The minimum atomic E-state index is 0.862. The minimum Gasteiger partial charge on any atom is -0.456 e. The highest BCUT2D eigenvalue weighted by Gasteiger charge is 2.23. The van der Waals surface area contributed by atoms with E-state index >= 15 is 0 Å². The molecule has 0 saturated heterocycles. The summed E-state index contributed by atoms with van der Waals surface area (Å²) in [6.45, 7) is 0. The van der Waals surface area contributed by atoms with Crippen LogP contribution in [0.15, 0.2) is 197 Å². The van der Waals surface area contributed by atoms with E-state index in [2.05, 4.69) is 175 Å². The van der Waals surface area contributed by atoms with Gasteiger partial charge < -0.3 is 13.7 Å². The Morgan fingerprint density at radius 3 is 1.89 bits per heavy atom. The second-order valence-corrected chi connectivity index (χ2v) is 13.7. The quantitative estimate of drug-likeness (QED) is 0.182. The van der Waals surface area contributed by atoms with Gasteiger partial charge in [0.15, 0.2) is 0 Å². The Morgan fingerprint density at radius 2 is 1.00 bits per heavy atom. The van der Waals surface area contributed by atoms with E-state index in [-0.39, 0.29) is 0 Å². The number of hydrogen-bond donors (Lipinski definition) is 0. The predicted octanol–water partition coefficient (Wildman–Crippen LogP) is 14.6. The third-order valence-electron chi connectivity index (χ3n) is 10.6. The van der Waals surface area contributed by atoms with Crippen LogP contribution in [0.4, 0.5) is 17.1 Å². The van der Waals surface area contributed by atoms with E-state index in [1.807, 2.05) is 18.2 Å². The van der Waals surface area contributed by atoms with Gasteiger partial charge in [0.05, 0.1) is 16.8 Å². The maximum absolute atomic E-state index is 6.86. The van der Waals surface area contributed by atoms with E-state index in [1.54, 1.807) is 0 Å². The molecule has 0 aliphatic carbocycles. The molecule has 0 aliphatic rings. The molecule has 0 saturated carbocycles. The lowest BCUT2D eigenvalue weighted by atomic mass is 9.95. The summed E-state index contributed by atoms with van der Waals surface area (Å²) in [5, 5.41) is 9.19. The molecule has 9 aromatic carbocycles. The smallest absolute Gasteiger partial charge is 0.145 e. The van der Waals surface area contributed by atoms with E-state index in [4.69, 9.17) is 8.83 Å². The summed E-state index contributed by atoms with van der Waals surface area (Å²) >= 11 is 0. The second kappa shape index (κ2) is 11.7. The lowest BCUT2D eigenvalue weighted by Gasteiger charge is -2.28. The number of anilines is 3. The fourth-order valence-electron chi connectivity index (χ4n) is 8.12. The van der Waals surface area contributed by atoms with Crippen molar-refractivity contribution < 1.29 is 8.83 Å². The van der Waals surface area contributed by atoms with Gasteiger partial charge in [0.25, 0.3) is 0 Å². The normalized spacial score (nSPS) is 11.8. The van der Waals surface area contributed by atoms with Crippen molar-refractivity contribution >= 4 is 82.5 Å². The first-order valence-corrected chi connectivity index (χ1v) is 18.0. The number of hydrogen-bond acceptors (Lipinski definition) is 3. The van der Waals surface area contributed by atoms with Crippen LogP contribution in [0.25, 0.3) is 87.7 Å². The summed E-state index contributed by atoms with van der Waals surface area (Å²) in [4.78, 5) is 2.41. The molecular formula is C50H31NO2. The van der Waals surface area contributed by atoms with Gasteiger partial charge in [0, 0.05) is 32.8 Å². The molecule has 2 aromatic heterocycles. The van der Waals surface area contributed by atoms with Crippen molar-refractivity contribution in [2.24, 2.45) is 0 Å². The lowest BCUT2D eigenvalue weighted by molar-refractivity contribution is 0.669. The van der Waals surface area contributed by atoms with E-state index < -0.39 is 0 Å². The van der Waals surface area contributed by atoms with Crippen LogP contribution in [0.2, 0.25) is 0 Å². The first-order valence-electron chi connectivity index (χ1n) is 18.0. The summed E-state index contributed by atoms with van der Waals surface area (Å²) in [5.41, 5.74) is 11.2. The van der Waals surface area contributed by atoms with Crippen LogP contribution in [-0.4, -0.2) is 0 Å². The van der Waals surface area contributed by atoms with Crippen LogP contribution in [0, 0.1) is 0 Å². The zero-order valence-corrected chi connectivity index (χ0v) is 28.7. The molecule has 0 aliphatic heterocycles. The standard InChI is InChI=1S/C50H31NO2/c1-2-13-35-30-38(25-23-32(35)11-1)51(44-20-10-14-33-12-3-4-17-39(33)44)45-27-26-40(50-49(45)42-19-6-8-22-47(42)53-50)37-16-9-15-34(29-37)36-24-28-48-43(31-36)41-18-5-7-21-46(41)52-48/h1-31H. The molecule has 0 unspecified atom stereocenters. The van der Waals surface area contributed by atoms with Crippen molar-refractivity contribution in [3.63, 3.8) is 0 Å². The number of rotatable bonds is 5. The van der Waals surface area contributed by atoms with Crippen LogP contribution < -0.4 is 4.90 Å². The molecule has 11 rings (SSSR count). The highest BCUT2D eigenvalue weighted by atomic mass is 16.3. The van der Waals surface area contributed by atoms with Gasteiger partial charge in [0.2, 0.25) is 0 Å². The van der Waals surface area contributed by atoms with Crippen molar-refractivity contribution in [1.29, 1.82) is 0 Å². The molecule has 0 spiro atoms. The Labute approximate surface area is 305 Å². The van der Waals surface area contributed by atoms with Crippen LogP contribution in [0.3, 0.4) is 0 Å². The number of nitrogens with zero attached hydrogens (tertiary/aromatic N) is 1. The van der Waals surface area contributed by atoms with E-state index in [0.717, 1.165) is 83.2 Å². The van der Waals surface area contributed by atoms with Gasteiger partial charge in [-0.2, -0.15) is 0 Å². The monoisotopic (exact) mass is 677 g/mol. The molecule has 0 amide bonds. The average molecular weight is 678 g/mol. The summed E-state index contributed by atoms with van der Waals surface area (Å²) in [6, 6.07) is 66.9. The van der Waals surface area contributed by atoms with Gasteiger partial charge in [0.1, 0.15) is 22.3 Å². The van der Waals surface area contributed by atoms with Gasteiger partial charge in [-0.3, -0.25) is 0 Å². The predicted molar refractivity (Wildman–Crippen MR) is 222 cm³/mol. The minimum absolute atomic E-state index is 0.862. The molecular weight excluding hydrogens is 647 g/mol. The number of benzene rings is 9. The first-order chi connectivity index (χ1) is 26.3. The Balaban J connectivity index is 1.14. The van der Waals surface area contributed by atoms with Crippen molar-refractivity contribution in [3.8, 4) is 22.3 Å². The molecule has 0 atom stereocenters. The molecule has 53 heavy (non-hydrogen) atoms. The second-order valence-electron chi connectivity index (χ2n) is 13.7. The zero-order valence-electron chi connectivity index (χ0n) is 28.7. The van der Waals surface area contributed by atoms with Gasteiger partial charge in [-0.05, 0) is 93.5 Å². The van der Waals surface area contributed by atoms with Crippen LogP contribution in [-0.2, 0) is 0 Å². The molecule has 0 radical (unpaired) electrons. The summed E-state index contributed by atoms with van der Waals surface area (Å²) in [6.07, 6.45) is 0. The Morgan fingerprint density at radius 1 is 0.340 bits per heavy atom. The molecule has 3 nitrogen and oxygen atoms in total. The maximum Gasteiger partial charge on any atom is 0.145 e. The average Bonchev–Trinajstić information content (AvgIpc) is 3.80. The van der Waals surface area contributed by atoms with Gasteiger partial charge in [-0.25, -0.2) is 0 Å². The maximum atomic E-state index is 6.86. The number of fused-ring (bicyclic) bond motifs is 8. The van der Waals surface area contributed by atoms with E-state index in [0.29, 0.717) is 0 Å². The van der Waals surface area contributed by atoms with E-state index in [9.17, 15) is 0 Å². The third kappa shape index (κ3) is 4.75. The molecule has 2 heterocycles. The van der Waals surface area contributed by atoms with Gasteiger partial charge in [-0.15, -0.1) is 0 Å². The third-order valence-corrected chi connectivity index (χ3v) is 10.6. The topological polar surface area (TPSA) is 29.5 Å². The Bertz CT molecular complexity index is 3200. The lowest BCUT2D eigenvalue weighted by Crippen LogP contribution is -2.11. The molecule has 3 heteroatoms. The molecule has 0 fully saturated rings. The van der Waals surface area contributed by atoms with Gasteiger partial charge in [-0.1, -0.05) is 127 Å². The largest absolute Gasteiger partial charge is 0.456 e. The summed E-state index contributed by atoms with van der Waals surface area (Å²) in [7, 11) is 0. The fourth-order valence-corrected chi connectivity index (χ4v) is 8.12. The molecule has 248 valence electrons. The first kappa shape index (κ1) is 29.6. The number of furan rings is 2. The Hall–Kier alpha value is -7.10. The zero-order chi connectivity index (χ0) is 34.9. The SMILES string of the molecule is c1cc(-c2ccc3oc4ccccc4c3c2)cc(-c2ccc(N(c3ccc4ccccc4c3)c3cccc4ccccc34)c3c2oc2ccccc23)c1. The molecule has 0 bridgehead atoms. The molecule has 11 aromatic rings. The van der Waals surface area contributed by atoms with E-state index in [1.165, 1.54) is 21.5 Å². The Kier molecular flexibility index (Phi) is 6.55. The van der Waals surface area contributed by atoms with Crippen LogP contribution in [0.1, 0.15) is 0 Å². The van der Waals surface area contributed by atoms with Crippen LogP contribution >= 0.6 is 0 Å². The highest BCUT2D eigenvalue weighted by molar-refractivity contribution is 6.18. The van der Waals surface area contributed by atoms with Crippen molar-refractivity contribution in [2.75, 3.05) is 4.90 Å².